The van der Waals surface area contributed by atoms with Crippen LogP contribution in [0.1, 0.15) is 36.6 Å². The lowest BCUT2D eigenvalue weighted by Gasteiger charge is -2.23. The molecule has 2 aromatic carbocycles. The minimum atomic E-state index is -1.16. The molecule has 0 aliphatic heterocycles. The minimum Gasteiger partial charge on any atom is -0.394 e. The molecular weight excluding hydrogens is 264 g/mol. The highest BCUT2D eigenvalue weighted by Gasteiger charge is 2.35. The normalized spacial score (nSPS) is 18.0. The monoisotopic (exact) mass is 284 g/mol. The highest BCUT2D eigenvalue weighted by Crippen LogP contribution is 2.49. The number of aliphatic hydroxyl groups excluding tert-OH is 3. The van der Waals surface area contributed by atoms with Crippen LogP contribution in [0.3, 0.4) is 0 Å². The van der Waals surface area contributed by atoms with Gasteiger partial charge in [0, 0.05) is 5.41 Å². The minimum absolute atomic E-state index is 0.133. The lowest BCUT2D eigenvalue weighted by atomic mass is 9.81. The number of fused-ring (bicyclic) bond motifs is 3. The summed E-state index contributed by atoms with van der Waals surface area (Å²) in [5.41, 5.74) is 5.31. The molecule has 2 atom stereocenters. The first-order valence-corrected chi connectivity index (χ1v) is 7.18. The van der Waals surface area contributed by atoms with Crippen molar-refractivity contribution < 1.29 is 15.3 Å². The topological polar surface area (TPSA) is 60.7 Å². The summed E-state index contributed by atoms with van der Waals surface area (Å²) < 4.78 is 0. The Labute approximate surface area is 124 Å². The zero-order chi connectivity index (χ0) is 15.2. The van der Waals surface area contributed by atoms with E-state index in [1.54, 1.807) is 0 Å². The summed E-state index contributed by atoms with van der Waals surface area (Å²) in [5.74, 6) is 0. The second-order valence-electron chi connectivity index (χ2n) is 6.17. The Morgan fingerprint density at radius 1 is 0.952 bits per heavy atom. The number of hydrogen-bond donors (Lipinski definition) is 3. The molecule has 0 aromatic heterocycles. The molecule has 0 saturated heterocycles. The predicted molar refractivity (Wildman–Crippen MR) is 82.1 cm³/mol. The highest BCUT2D eigenvalue weighted by atomic mass is 16.4. The number of hydrogen-bond acceptors (Lipinski definition) is 3. The Kier molecular flexibility index (Phi) is 3.36. The van der Waals surface area contributed by atoms with Gasteiger partial charge in [0.25, 0.3) is 0 Å². The first-order valence-electron chi connectivity index (χ1n) is 7.18. The summed E-state index contributed by atoms with van der Waals surface area (Å²) in [5, 5.41) is 28.7. The number of aliphatic hydroxyl groups is 3. The third kappa shape index (κ3) is 2.09. The fourth-order valence-electron chi connectivity index (χ4n) is 3.23. The molecule has 2 aromatic rings. The molecule has 0 fully saturated rings. The van der Waals surface area contributed by atoms with Gasteiger partial charge in [0.2, 0.25) is 0 Å². The van der Waals surface area contributed by atoms with Gasteiger partial charge >= 0.3 is 0 Å². The van der Waals surface area contributed by atoms with Crippen LogP contribution in [0.2, 0.25) is 0 Å². The van der Waals surface area contributed by atoms with E-state index in [4.69, 9.17) is 5.11 Å². The highest BCUT2D eigenvalue weighted by molar-refractivity contribution is 5.80. The fraction of sp³-hybridized carbons (Fsp3) is 0.333. The average molecular weight is 284 g/mol. The van der Waals surface area contributed by atoms with E-state index >= 15 is 0 Å². The molecule has 0 saturated carbocycles. The lowest BCUT2D eigenvalue weighted by Crippen LogP contribution is -2.23. The largest absolute Gasteiger partial charge is 0.394 e. The molecule has 0 spiro atoms. The summed E-state index contributed by atoms with van der Waals surface area (Å²) in [6.07, 6.45) is -2.23. The van der Waals surface area contributed by atoms with E-state index in [0.717, 1.165) is 5.56 Å². The van der Waals surface area contributed by atoms with Crippen molar-refractivity contribution >= 4 is 0 Å². The maximum absolute atomic E-state index is 10.1. The molecule has 21 heavy (non-hydrogen) atoms. The van der Waals surface area contributed by atoms with Crippen LogP contribution in [0.4, 0.5) is 0 Å². The van der Waals surface area contributed by atoms with Gasteiger partial charge in [0.05, 0.1) is 6.61 Å². The predicted octanol–water partition coefficient (Wildman–Crippen LogP) is 2.38. The molecule has 0 heterocycles. The van der Waals surface area contributed by atoms with Crippen LogP contribution >= 0.6 is 0 Å². The van der Waals surface area contributed by atoms with E-state index in [9.17, 15) is 10.2 Å². The van der Waals surface area contributed by atoms with E-state index < -0.39 is 18.8 Å². The van der Waals surface area contributed by atoms with Gasteiger partial charge in [-0.3, -0.25) is 0 Å². The smallest absolute Gasteiger partial charge is 0.107 e. The molecule has 2 unspecified atom stereocenters. The van der Waals surface area contributed by atoms with E-state index in [0.29, 0.717) is 5.56 Å². The van der Waals surface area contributed by atoms with Crippen LogP contribution in [0, 0.1) is 0 Å². The molecule has 3 heteroatoms. The Morgan fingerprint density at radius 2 is 1.62 bits per heavy atom. The number of benzene rings is 2. The molecular formula is C18H20O3. The number of rotatable bonds is 3. The van der Waals surface area contributed by atoms with Gasteiger partial charge in [-0.05, 0) is 27.8 Å². The van der Waals surface area contributed by atoms with Crippen LogP contribution < -0.4 is 0 Å². The molecule has 0 bridgehead atoms. The summed E-state index contributed by atoms with van der Waals surface area (Å²) in [4.78, 5) is 0. The standard InChI is InChI=1S/C18H20O3/c1-18(2)14-6-4-3-5-12(14)13-8-7-11(9-15(13)18)17(21)16(20)10-19/h3-9,16-17,19-21H,10H2,1-2H3. The fourth-order valence-corrected chi connectivity index (χ4v) is 3.23. The van der Waals surface area contributed by atoms with Gasteiger partial charge < -0.3 is 15.3 Å². The summed E-state index contributed by atoms with van der Waals surface area (Å²) in [6.45, 7) is 3.87. The average Bonchev–Trinajstić information content (AvgIpc) is 2.74. The van der Waals surface area contributed by atoms with Crippen LogP contribution in [-0.4, -0.2) is 28.0 Å². The first kappa shape index (κ1) is 14.3. The van der Waals surface area contributed by atoms with Crippen molar-refractivity contribution in [2.45, 2.75) is 31.5 Å². The zero-order valence-corrected chi connectivity index (χ0v) is 12.2. The Hall–Kier alpha value is -1.68. The van der Waals surface area contributed by atoms with Gasteiger partial charge in [-0.2, -0.15) is 0 Å². The second kappa shape index (κ2) is 4.95. The molecule has 3 rings (SSSR count). The third-order valence-electron chi connectivity index (χ3n) is 4.50. The van der Waals surface area contributed by atoms with Gasteiger partial charge in [0.15, 0.2) is 0 Å². The molecule has 1 aliphatic carbocycles. The van der Waals surface area contributed by atoms with E-state index in [1.807, 2.05) is 30.3 Å². The zero-order valence-electron chi connectivity index (χ0n) is 12.2. The summed E-state index contributed by atoms with van der Waals surface area (Å²) in [6, 6.07) is 14.1. The molecule has 0 radical (unpaired) electrons. The first-order chi connectivity index (χ1) is 9.96. The van der Waals surface area contributed by atoms with Crippen molar-refractivity contribution in [3.05, 3.63) is 59.2 Å². The lowest BCUT2D eigenvalue weighted by molar-refractivity contribution is -0.0153. The van der Waals surface area contributed by atoms with Crippen LogP contribution in [0.15, 0.2) is 42.5 Å². The van der Waals surface area contributed by atoms with Crippen LogP contribution in [0.25, 0.3) is 11.1 Å². The van der Waals surface area contributed by atoms with Gasteiger partial charge in [0.1, 0.15) is 12.2 Å². The second-order valence-corrected chi connectivity index (χ2v) is 6.17. The molecule has 0 amide bonds. The Morgan fingerprint density at radius 3 is 2.33 bits per heavy atom. The van der Waals surface area contributed by atoms with Gasteiger partial charge in [-0.1, -0.05) is 56.3 Å². The van der Waals surface area contributed by atoms with Crippen LogP contribution in [-0.2, 0) is 5.41 Å². The van der Waals surface area contributed by atoms with Crippen molar-refractivity contribution in [2.75, 3.05) is 6.61 Å². The van der Waals surface area contributed by atoms with Crippen molar-refractivity contribution in [3.8, 4) is 11.1 Å². The van der Waals surface area contributed by atoms with E-state index in [1.165, 1.54) is 16.7 Å². The summed E-state index contributed by atoms with van der Waals surface area (Å²) >= 11 is 0. The molecule has 1 aliphatic rings. The van der Waals surface area contributed by atoms with E-state index in [-0.39, 0.29) is 5.41 Å². The van der Waals surface area contributed by atoms with E-state index in [2.05, 4.69) is 26.0 Å². The van der Waals surface area contributed by atoms with Gasteiger partial charge in [-0.15, -0.1) is 0 Å². The summed E-state index contributed by atoms with van der Waals surface area (Å²) in [7, 11) is 0. The van der Waals surface area contributed by atoms with Gasteiger partial charge in [-0.25, -0.2) is 0 Å². The maximum Gasteiger partial charge on any atom is 0.107 e. The SMILES string of the molecule is CC1(C)c2ccccc2-c2ccc(C(O)C(O)CO)cc21. The Bertz CT molecular complexity index is 676. The third-order valence-corrected chi connectivity index (χ3v) is 4.50. The maximum atomic E-state index is 10.1. The van der Waals surface area contributed by atoms with Crippen molar-refractivity contribution in [2.24, 2.45) is 0 Å². The van der Waals surface area contributed by atoms with Crippen molar-refractivity contribution in [3.63, 3.8) is 0 Å². The van der Waals surface area contributed by atoms with Crippen molar-refractivity contribution in [1.82, 2.24) is 0 Å². The molecule has 110 valence electrons. The quantitative estimate of drug-likeness (QED) is 0.811. The van der Waals surface area contributed by atoms with Crippen molar-refractivity contribution in [1.29, 1.82) is 0 Å². The molecule has 3 nitrogen and oxygen atoms in total. The Balaban J connectivity index is 2.12. The molecule has 3 N–H and O–H groups in total. The van der Waals surface area contributed by atoms with Crippen LogP contribution in [0.5, 0.6) is 0 Å².